The van der Waals surface area contributed by atoms with E-state index < -0.39 is 92.2 Å². The van der Waals surface area contributed by atoms with E-state index in [-0.39, 0.29) is 37.5 Å². The number of aliphatic imine (C=N–C) groups is 1. The first-order valence-corrected chi connectivity index (χ1v) is 14.7. The van der Waals surface area contributed by atoms with Gasteiger partial charge in [0.15, 0.2) is 11.7 Å². The van der Waals surface area contributed by atoms with Gasteiger partial charge in [-0.2, -0.15) is 0 Å². The molecule has 46 heavy (non-hydrogen) atoms. The van der Waals surface area contributed by atoms with Crippen LogP contribution in [-0.2, 0) is 32.0 Å². The number of aryl methyl sites for hydroxylation is 2. The van der Waals surface area contributed by atoms with Gasteiger partial charge in [-0.3, -0.25) is 24.2 Å². The van der Waals surface area contributed by atoms with Crippen LogP contribution in [0.5, 0.6) is 5.75 Å². The second kappa shape index (κ2) is 19.3. The smallest absolute Gasteiger partial charge is 0.224 e. The van der Waals surface area contributed by atoms with Gasteiger partial charge in [-0.1, -0.05) is 30.3 Å². The standard InChI is InChI=1S/C34H51N7O5/c1-21-15-26(42)16-22(2)27(21)18-25(20-30(43)28(36)11-8-14-40-34(38)39)33(46)41-29(12-6-7-13-35)31(44)19-24(32(37)45)17-23-9-4-3-5-10-23/h3-5,9-10,15-16,24-25,28-29,42H,6-8,11-14,17-20,35-36H2,1-2H3,(H2,37,45)(H,41,46)(H4,38,39,40)/t24-,25-,28-,29+/m1/s1/i6D2,7D2,12D2,13D2,24D. The summed E-state index contributed by atoms with van der Waals surface area (Å²) in [5.74, 6) is -8.77. The number of benzene rings is 2. The molecule has 4 atom stereocenters. The van der Waals surface area contributed by atoms with E-state index in [4.69, 9.17) is 41.0 Å². The lowest BCUT2D eigenvalue weighted by molar-refractivity contribution is -0.133. The molecule has 0 bridgehead atoms. The number of ketones is 2. The highest BCUT2D eigenvalue weighted by atomic mass is 16.3. The molecule has 0 unspecified atom stereocenters. The maximum Gasteiger partial charge on any atom is 0.224 e. The Labute approximate surface area is 284 Å². The summed E-state index contributed by atoms with van der Waals surface area (Å²) in [5.41, 5.74) is 29.6. The maximum atomic E-state index is 14.3. The van der Waals surface area contributed by atoms with E-state index >= 15 is 0 Å². The molecule has 0 aliphatic carbocycles. The summed E-state index contributed by atoms with van der Waals surface area (Å²) in [6.45, 7) is -0.120. The third kappa shape index (κ3) is 13.0. The van der Waals surface area contributed by atoms with Crippen molar-refractivity contribution in [2.45, 2.75) is 83.6 Å². The van der Waals surface area contributed by atoms with Crippen LogP contribution in [0.2, 0.25) is 0 Å². The van der Waals surface area contributed by atoms with Gasteiger partial charge in [0.25, 0.3) is 0 Å². The minimum absolute atomic E-state index is 0.0856. The largest absolute Gasteiger partial charge is 0.508 e. The number of carbonyl (C=O) groups is 4. The van der Waals surface area contributed by atoms with Crippen LogP contribution in [0.1, 0.15) is 79.4 Å². The first-order chi connectivity index (χ1) is 25.1. The fraction of sp³-hybridized carbons (Fsp3) is 0.500. The zero-order valence-electron chi connectivity index (χ0n) is 35.1. The van der Waals surface area contributed by atoms with Gasteiger partial charge in [0.1, 0.15) is 11.5 Å². The molecule has 0 aliphatic heterocycles. The number of rotatable bonds is 21. The third-order valence-electron chi connectivity index (χ3n) is 7.29. The summed E-state index contributed by atoms with van der Waals surface area (Å²) in [5, 5.41) is 12.2. The van der Waals surface area contributed by atoms with E-state index in [1.807, 2.05) is 0 Å². The summed E-state index contributed by atoms with van der Waals surface area (Å²) < 4.78 is 75.5. The molecule has 12 heteroatoms. The number of primary amides is 1. The maximum absolute atomic E-state index is 14.3. The Morgan fingerprint density at radius 2 is 1.63 bits per heavy atom. The molecule has 252 valence electrons. The lowest BCUT2D eigenvalue weighted by Gasteiger charge is -2.25. The predicted molar refractivity (Wildman–Crippen MR) is 180 cm³/mol. The zero-order chi connectivity index (χ0) is 42.3. The lowest BCUT2D eigenvalue weighted by atomic mass is 9.86. The van der Waals surface area contributed by atoms with E-state index in [2.05, 4.69) is 10.3 Å². The van der Waals surface area contributed by atoms with Crippen molar-refractivity contribution in [1.82, 2.24) is 5.32 Å². The van der Waals surface area contributed by atoms with E-state index in [0.29, 0.717) is 22.3 Å². The number of amides is 2. The number of nitrogens with zero attached hydrogens (tertiary/aromatic N) is 1. The molecule has 2 aromatic carbocycles. The van der Waals surface area contributed by atoms with Gasteiger partial charge in [0, 0.05) is 43.5 Å². The molecule has 12 N–H and O–H groups in total. The van der Waals surface area contributed by atoms with Crippen molar-refractivity contribution in [2.75, 3.05) is 13.0 Å². The van der Waals surface area contributed by atoms with Crippen molar-refractivity contribution in [2.24, 2.45) is 45.5 Å². The Kier molecular flexibility index (Phi) is 10.8. The Hall–Kier alpha value is -4.29. The highest BCUT2D eigenvalue weighted by Crippen LogP contribution is 2.26. The molecule has 0 radical (unpaired) electrons. The molecule has 2 rings (SSSR count). The van der Waals surface area contributed by atoms with Gasteiger partial charge < -0.3 is 39.1 Å². The Morgan fingerprint density at radius 3 is 2.22 bits per heavy atom. The van der Waals surface area contributed by atoms with E-state index in [1.54, 1.807) is 32.0 Å². The van der Waals surface area contributed by atoms with Crippen molar-refractivity contribution in [3.63, 3.8) is 0 Å². The van der Waals surface area contributed by atoms with E-state index in [1.165, 1.54) is 24.3 Å². The second-order valence-electron chi connectivity index (χ2n) is 10.9. The zero-order valence-corrected chi connectivity index (χ0v) is 26.1. The van der Waals surface area contributed by atoms with Crippen LogP contribution in [0.4, 0.5) is 0 Å². The SMILES string of the molecule is [2H]C([2H])(N)C([2H])([2H])C([2H])([2H])C([2H])([2H])[C@H](NC(=O)[C@@H](CC(=O)[C@H](N)CCCN=C(N)N)Cc1c(C)cc(O)cc1C)C(=O)C[C@@]([2H])(Cc1ccccc1)C(N)=O. The van der Waals surface area contributed by atoms with Gasteiger partial charge in [-0.15, -0.1) is 0 Å². The van der Waals surface area contributed by atoms with E-state index in [0.717, 1.165) is 0 Å². The van der Waals surface area contributed by atoms with Crippen LogP contribution in [0.3, 0.4) is 0 Å². The first kappa shape index (κ1) is 25.9. The minimum Gasteiger partial charge on any atom is -0.508 e. The quantitative estimate of drug-likeness (QED) is 0.0588. The van der Waals surface area contributed by atoms with Gasteiger partial charge in [0.05, 0.1) is 12.1 Å². The highest BCUT2D eigenvalue weighted by molar-refractivity contribution is 5.94. The van der Waals surface area contributed by atoms with Crippen LogP contribution in [0, 0.1) is 25.7 Å². The molecule has 0 heterocycles. The molecular formula is C34H51N7O5. The average molecular weight is 647 g/mol. The van der Waals surface area contributed by atoms with Crippen LogP contribution >= 0.6 is 0 Å². The number of phenols is 1. The number of carbonyl (C=O) groups excluding carboxylic acids is 4. The molecular weight excluding hydrogens is 586 g/mol. The van der Waals surface area contributed by atoms with Gasteiger partial charge in [0.2, 0.25) is 11.8 Å². The number of nitrogens with two attached hydrogens (primary N) is 5. The topological polar surface area (TPSA) is 243 Å². The Balaban J connectivity index is 2.70. The number of nitrogens with one attached hydrogen (secondary N) is 1. The summed E-state index contributed by atoms with van der Waals surface area (Å²) in [4.78, 5) is 58.4. The van der Waals surface area contributed by atoms with Crippen molar-refractivity contribution >= 4 is 29.3 Å². The Morgan fingerprint density at radius 1 is 0.978 bits per heavy atom. The van der Waals surface area contributed by atoms with Crippen LogP contribution in [-0.4, -0.2) is 59.6 Å². The molecule has 0 saturated heterocycles. The monoisotopic (exact) mass is 646 g/mol. The predicted octanol–water partition coefficient (Wildman–Crippen LogP) is 1.43. The number of aromatic hydroxyl groups is 1. The molecule has 12 nitrogen and oxygen atoms in total. The summed E-state index contributed by atoms with van der Waals surface area (Å²) in [6, 6.07) is 6.89. The number of guanidine groups is 1. The fourth-order valence-electron chi connectivity index (χ4n) is 4.86. The van der Waals surface area contributed by atoms with Gasteiger partial charge in [-0.05, 0) is 99.5 Å². The molecule has 0 fully saturated rings. The van der Waals surface area contributed by atoms with Crippen molar-refractivity contribution in [1.29, 1.82) is 0 Å². The number of Topliss-reactive ketones (excluding diaryl/α,β-unsaturated/α-hetero) is 2. The normalized spacial score (nSPS) is 18.5. The highest BCUT2D eigenvalue weighted by Gasteiger charge is 2.31. The third-order valence-corrected chi connectivity index (χ3v) is 7.29. The van der Waals surface area contributed by atoms with Gasteiger partial charge >= 0.3 is 0 Å². The summed E-state index contributed by atoms with van der Waals surface area (Å²) >= 11 is 0. The number of hydrogen-bond donors (Lipinski definition) is 7. The van der Waals surface area contributed by atoms with Gasteiger partial charge in [-0.25, -0.2) is 0 Å². The average Bonchev–Trinajstić information content (AvgIpc) is 3.05. The Bertz CT molecular complexity index is 1720. The summed E-state index contributed by atoms with van der Waals surface area (Å²) in [7, 11) is 0. The molecule has 0 saturated carbocycles. The fourth-order valence-corrected chi connectivity index (χ4v) is 4.86. The summed E-state index contributed by atoms with van der Waals surface area (Å²) in [6.07, 6.45) is -13.8. The lowest BCUT2D eigenvalue weighted by Crippen LogP contribution is -2.46. The van der Waals surface area contributed by atoms with Crippen LogP contribution in [0.15, 0.2) is 47.5 Å². The molecule has 0 spiro atoms. The van der Waals surface area contributed by atoms with E-state index in [9.17, 15) is 24.3 Å². The van der Waals surface area contributed by atoms with Crippen LogP contribution < -0.4 is 34.0 Å². The van der Waals surface area contributed by atoms with Crippen LogP contribution in [0.25, 0.3) is 0 Å². The molecule has 0 aromatic heterocycles. The molecule has 2 aromatic rings. The second-order valence-corrected chi connectivity index (χ2v) is 10.9. The molecule has 0 aliphatic rings. The van der Waals surface area contributed by atoms with Crippen molar-refractivity contribution < 1.29 is 36.6 Å². The first-order valence-electron chi connectivity index (χ1n) is 19.2. The minimum atomic E-state index is -3.98. The number of hydrogen-bond acceptors (Lipinski definition) is 8. The molecule has 2 amide bonds. The number of phenolic OH excluding ortho intramolecular Hbond substituents is 1. The van der Waals surface area contributed by atoms with Crippen molar-refractivity contribution in [3.8, 4) is 5.75 Å². The van der Waals surface area contributed by atoms with Crippen molar-refractivity contribution in [3.05, 3.63) is 64.7 Å².